The van der Waals surface area contributed by atoms with E-state index in [9.17, 15) is 5.26 Å². The normalized spacial score (nSPS) is 11.2. The Balaban J connectivity index is 1.38. The predicted molar refractivity (Wildman–Crippen MR) is 179 cm³/mol. The van der Waals surface area contributed by atoms with Crippen molar-refractivity contribution >= 4 is 32.3 Å². The second-order valence-corrected chi connectivity index (χ2v) is 10.8. The molecule has 0 amide bonds. The van der Waals surface area contributed by atoms with E-state index in [-0.39, 0.29) is 0 Å². The van der Waals surface area contributed by atoms with Gasteiger partial charge < -0.3 is 0 Å². The van der Waals surface area contributed by atoms with Gasteiger partial charge in [-0.25, -0.2) is 15.0 Å². The van der Waals surface area contributed by atoms with Crippen molar-refractivity contribution in [3.8, 4) is 51.4 Å². The van der Waals surface area contributed by atoms with E-state index in [1.54, 1.807) is 0 Å². The Morgan fingerprint density at radius 1 is 0.409 bits per heavy atom. The van der Waals surface area contributed by atoms with Gasteiger partial charge >= 0.3 is 0 Å². The second kappa shape index (κ2) is 10.6. The van der Waals surface area contributed by atoms with Gasteiger partial charge in [-0.15, -0.1) is 0 Å². The number of aromatic nitrogens is 3. The van der Waals surface area contributed by atoms with Crippen molar-refractivity contribution in [3.63, 3.8) is 0 Å². The highest BCUT2D eigenvalue weighted by atomic mass is 15.0. The zero-order valence-electron chi connectivity index (χ0n) is 23.6. The third-order valence-electron chi connectivity index (χ3n) is 8.13. The van der Waals surface area contributed by atoms with E-state index in [2.05, 4.69) is 97.1 Å². The van der Waals surface area contributed by atoms with Gasteiger partial charge in [-0.2, -0.15) is 5.26 Å². The Labute approximate surface area is 254 Å². The summed E-state index contributed by atoms with van der Waals surface area (Å²) in [5.74, 6) is 1.88. The lowest BCUT2D eigenvalue weighted by molar-refractivity contribution is 1.08. The van der Waals surface area contributed by atoms with E-state index in [0.29, 0.717) is 23.0 Å². The molecule has 0 saturated heterocycles. The lowest BCUT2D eigenvalue weighted by Gasteiger charge is -2.15. The summed E-state index contributed by atoms with van der Waals surface area (Å²) in [6, 6.07) is 51.7. The van der Waals surface area contributed by atoms with E-state index < -0.39 is 0 Å². The first-order valence-electron chi connectivity index (χ1n) is 14.5. The number of hydrogen-bond acceptors (Lipinski definition) is 4. The molecule has 1 aromatic heterocycles. The molecule has 0 atom stereocenters. The molecule has 4 nitrogen and oxygen atoms in total. The molecule has 0 aliphatic rings. The maximum absolute atomic E-state index is 9.17. The first kappa shape index (κ1) is 25.5. The van der Waals surface area contributed by atoms with Gasteiger partial charge in [-0.3, -0.25) is 0 Å². The first-order valence-corrected chi connectivity index (χ1v) is 14.5. The van der Waals surface area contributed by atoms with E-state index in [0.717, 1.165) is 49.4 Å². The Bertz CT molecular complexity index is 2370. The monoisotopic (exact) mass is 560 g/mol. The third-order valence-corrected chi connectivity index (χ3v) is 8.13. The van der Waals surface area contributed by atoms with Crippen LogP contribution in [0.2, 0.25) is 0 Å². The van der Waals surface area contributed by atoms with E-state index in [4.69, 9.17) is 15.0 Å². The molecule has 8 rings (SSSR count). The highest BCUT2D eigenvalue weighted by molar-refractivity contribution is 6.21. The number of nitriles is 1. The van der Waals surface area contributed by atoms with Crippen LogP contribution in [0.1, 0.15) is 5.56 Å². The molecule has 4 heteroatoms. The molecule has 204 valence electrons. The van der Waals surface area contributed by atoms with Crippen molar-refractivity contribution < 1.29 is 0 Å². The molecule has 0 saturated carbocycles. The fraction of sp³-hybridized carbons (Fsp3) is 0. The summed E-state index contributed by atoms with van der Waals surface area (Å²) in [5, 5.41) is 16.0. The Morgan fingerprint density at radius 3 is 1.64 bits per heavy atom. The average Bonchev–Trinajstić information content (AvgIpc) is 3.11. The minimum atomic E-state index is 0.613. The topological polar surface area (TPSA) is 62.5 Å². The van der Waals surface area contributed by atoms with Crippen LogP contribution in [-0.2, 0) is 0 Å². The van der Waals surface area contributed by atoms with Crippen LogP contribution in [0, 0.1) is 11.3 Å². The predicted octanol–water partition coefficient (Wildman–Crippen LogP) is 9.87. The highest BCUT2D eigenvalue weighted by Crippen LogP contribution is 2.40. The highest BCUT2D eigenvalue weighted by Gasteiger charge is 2.18. The van der Waals surface area contributed by atoms with Gasteiger partial charge in [0.1, 0.15) is 0 Å². The standard InChI is InChI=1S/C40H24N4/c41-25-26-14-16-27(17-15-26)28-18-21-31(22-19-28)39-42-38(30-9-2-1-3-10-30)43-40(44-39)37-35-13-7-5-11-32(35)24-33-23-20-29-8-4-6-12-34(29)36(33)37/h1-24H. The maximum Gasteiger partial charge on any atom is 0.165 e. The number of rotatable bonds is 4. The summed E-state index contributed by atoms with van der Waals surface area (Å²) >= 11 is 0. The molecule has 8 aromatic rings. The number of fused-ring (bicyclic) bond motifs is 4. The molecular formula is C40H24N4. The molecular weight excluding hydrogens is 536 g/mol. The van der Waals surface area contributed by atoms with Crippen LogP contribution in [0.25, 0.3) is 77.6 Å². The number of hydrogen-bond donors (Lipinski definition) is 0. The van der Waals surface area contributed by atoms with Gasteiger partial charge in [0.25, 0.3) is 0 Å². The molecule has 7 aromatic carbocycles. The first-order chi connectivity index (χ1) is 21.7. The number of nitrogens with zero attached hydrogens (tertiary/aromatic N) is 4. The molecule has 0 radical (unpaired) electrons. The smallest absolute Gasteiger partial charge is 0.165 e. The van der Waals surface area contributed by atoms with Crippen LogP contribution in [0.15, 0.2) is 146 Å². The van der Waals surface area contributed by atoms with E-state index in [1.807, 2.05) is 54.6 Å². The van der Waals surface area contributed by atoms with Crippen molar-refractivity contribution in [3.05, 3.63) is 151 Å². The van der Waals surface area contributed by atoms with Crippen LogP contribution in [0.3, 0.4) is 0 Å². The Morgan fingerprint density at radius 2 is 0.932 bits per heavy atom. The molecule has 0 aliphatic carbocycles. The quantitative estimate of drug-likeness (QED) is 0.159. The molecule has 0 aliphatic heterocycles. The summed E-state index contributed by atoms with van der Waals surface area (Å²) in [4.78, 5) is 15.3. The minimum Gasteiger partial charge on any atom is -0.208 e. The second-order valence-electron chi connectivity index (χ2n) is 10.8. The van der Waals surface area contributed by atoms with Gasteiger partial charge in [0.15, 0.2) is 17.5 Å². The van der Waals surface area contributed by atoms with Crippen LogP contribution in [-0.4, -0.2) is 15.0 Å². The molecule has 0 fully saturated rings. The Kier molecular flexibility index (Phi) is 6.14. The van der Waals surface area contributed by atoms with Crippen molar-refractivity contribution in [2.24, 2.45) is 0 Å². The van der Waals surface area contributed by atoms with Crippen molar-refractivity contribution in [2.75, 3.05) is 0 Å². The lowest BCUT2D eigenvalue weighted by Crippen LogP contribution is -2.01. The fourth-order valence-corrected chi connectivity index (χ4v) is 5.95. The van der Waals surface area contributed by atoms with Crippen LogP contribution in [0.4, 0.5) is 0 Å². The maximum atomic E-state index is 9.17. The van der Waals surface area contributed by atoms with Gasteiger partial charge in [0.2, 0.25) is 0 Å². The van der Waals surface area contributed by atoms with Crippen molar-refractivity contribution in [1.82, 2.24) is 15.0 Å². The summed E-state index contributed by atoms with van der Waals surface area (Å²) in [6.45, 7) is 0. The van der Waals surface area contributed by atoms with E-state index >= 15 is 0 Å². The molecule has 0 bridgehead atoms. The summed E-state index contributed by atoms with van der Waals surface area (Å²) in [5.41, 5.74) is 5.59. The van der Waals surface area contributed by atoms with Gasteiger partial charge in [0.05, 0.1) is 11.6 Å². The Hall–Kier alpha value is -6.18. The molecule has 1 heterocycles. The minimum absolute atomic E-state index is 0.613. The van der Waals surface area contributed by atoms with E-state index in [1.165, 1.54) is 10.8 Å². The van der Waals surface area contributed by atoms with Crippen LogP contribution in [0.5, 0.6) is 0 Å². The zero-order valence-corrected chi connectivity index (χ0v) is 23.6. The lowest BCUT2D eigenvalue weighted by atomic mass is 9.92. The van der Waals surface area contributed by atoms with Crippen LogP contribution >= 0.6 is 0 Å². The molecule has 0 N–H and O–H groups in total. The van der Waals surface area contributed by atoms with Crippen molar-refractivity contribution in [1.29, 1.82) is 5.26 Å². The average molecular weight is 561 g/mol. The van der Waals surface area contributed by atoms with Gasteiger partial charge in [-0.05, 0) is 56.3 Å². The van der Waals surface area contributed by atoms with Gasteiger partial charge in [0, 0.05) is 22.1 Å². The molecule has 0 unspecified atom stereocenters. The summed E-state index contributed by atoms with van der Waals surface area (Å²) in [7, 11) is 0. The number of benzene rings is 7. The molecule has 0 spiro atoms. The fourth-order valence-electron chi connectivity index (χ4n) is 5.95. The zero-order chi connectivity index (χ0) is 29.5. The SMILES string of the molecule is N#Cc1ccc(-c2ccc(-c3nc(-c4ccccc4)nc(-c4c5ccccc5cc5ccc6ccccc6c45)n3)cc2)cc1. The van der Waals surface area contributed by atoms with Crippen LogP contribution < -0.4 is 0 Å². The third kappa shape index (κ3) is 4.45. The summed E-state index contributed by atoms with van der Waals surface area (Å²) in [6.07, 6.45) is 0. The molecule has 44 heavy (non-hydrogen) atoms. The largest absolute Gasteiger partial charge is 0.208 e. The van der Waals surface area contributed by atoms with Gasteiger partial charge in [-0.1, -0.05) is 127 Å². The van der Waals surface area contributed by atoms with Crippen molar-refractivity contribution in [2.45, 2.75) is 0 Å². The summed E-state index contributed by atoms with van der Waals surface area (Å²) < 4.78 is 0.